The van der Waals surface area contributed by atoms with E-state index in [9.17, 15) is 4.79 Å². The Balaban J connectivity index is 1.78. The molecule has 0 N–H and O–H groups in total. The molecule has 1 aromatic heterocycles. The van der Waals surface area contributed by atoms with E-state index in [-0.39, 0.29) is 12.3 Å². The van der Waals surface area contributed by atoms with Gasteiger partial charge in [0.05, 0.1) is 19.0 Å². The first-order valence-electron chi connectivity index (χ1n) is 7.38. The Kier molecular flexibility index (Phi) is 5.26. The van der Waals surface area contributed by atoms with Gasteiger partial charge in [0.25, 0.3) is 0 Å². The van der Waals surface area contributed by atoms with Gasteiger partial charge in [-0.25, -0.2) is 9.48 Å². The van der Waals surface area contributed by atoms with Crippen LogP contribution in [0.1, 0.15) is 16.1 Å². The zero-order valence-corrected chi connectivity index (χ0v) is 14.8. The lowest BCUT2D eigenvalue weighted by Gasteiger charge is -2.06. The monoisotopic (exact) mass is 376 g/mol. The van der Waals surface area contributed by atoms with Crippen LogP contribution in [0.3, 0.4) is 0 Å². The number of nitrogens with zero attached hydrogens (tertiary/aromatic N) is 2. The van der Waals surface area contributed by atoms with Crippen LogP contribution in [0.25, 0.3) is 5.69 Å². The number of hydrogen-bond donors (Lipinski definition) is 0. The number of aromatic nitrogens is 2. The average Bonchev–Trinajstić information content (AvgIpc) is 3.06. The Morgan fingerprint density at radius 1 is 1.16 bits per heavy atom. The SMILES string of the molecule is COc1cn(-c2ccccc2)nc1C(=O)OCc1ccc(Cl)cc1Cl. The van der Waals surface area contributed by atoms with Gasteiger partial charge in [-0.3, -0.25) is 0 Å². The fraction of sp³-hybridized carbons (Fsp3) is 0.111. The average molecular weight is 377 g/mol. The number of carbonyl (C=O) groups excluding carboxylic acids is 1. The Hall–Kier alpha value is -2.50. The largest absolute Gasteiger partial charge is 0.493 e. The van der Waals surface area contributed by atoms with Crippen molar-refractivity contribution in [3.8, 4) is 11.4 Å². The summed E-state index contributed by atoms with van der Waals surface area (Å²) in [7, 11) is 1.47. The highest BCUT2D eigenvalue weighted by Gasteiger charge is 2.20. The van der Waals surface area contributed by atoms with Crippen molar-refractivity contribution in [3.63, 3.8) is 0 Å². The van der Waals surface area contributed by atoms with E-state index in [0.717, 1.165) is 5.69 Å². The van der Waals surface area contributed by atoms with E-state index in [0.29, 0.717) is 21.4 Å². The quantitative estimate of drug-likeness (QED) is 0.613. The molecule has 0 amide bonds. The standard InChI is InChI=1S/C18H14Cl2N2O3/c1-24-16-10-22(14-5-3-2-4-6-14)21-17(16)18(23)25-11-12-7-8-13(19)9-15(12)20/h2-10H,11H2,1H3. The van der Waals surface area contributed by atoms with Gasteiger partial charge in [-0.1, -0.05) is 47.5 Å². The van der Waals surface area contributed by atoms with Gasteiger partial charge < -0.3 is 9.47 Å². The molecule has 0 bridgehead atoms. The van der Waals surface area contributed by atoms with E-state index in [2.05, 4.69) is 5.10 Å². The summed E-state index contributed by atoms with van der Waals surface area (Å²) < 4.78 is 12.1. The smallest absolute Gasteiger partial charge is 0.363 e. The fourth-order valence-electron chi connectivity index (χ4n) is 2.21. The first-order valence-corrected chi connectivity index (χ1v) is 8.14. The number of methoxy groups -OCH3 is 1. The van der Waals surface area contributed by atoms with E-state index < -0.39 is 5.97 Å². The second-order valence-electron chi connectivity index (χ2n) is 5.14. The summed E-state index contributed by atoms with van der Waals surface area (Å²) in [6.07, 6.45) is 1.63. The van der Waals surface area contributed by atoms with Crippen LogP contribution in [0.2, 0.25) is 10.0 Å². The lowest BCUT2D eigenvalue weighted by molar-refractivity contribution is 0.0462. The molecular weight excluding hydrogens is 363 g/mol. The molecule has 0 spiro atoms. The second-order valence-corrected chi connectivity index (χ2v) is 5.98. The maximum absolute atomic E-state index is 12.4. The molecule has 2 aromatic carbocycles. The molecule has 0 fully saturated rings. The summed E-state index contributed by atoms with van der Waals surface area (Å²) >= 11 is 11.9. The molecule has 5 nitrogen and oxygen atoms in total. The van der Waals surface area contributed by atoms with Crippen molar-refractivity contribution in [2.75, 3.05) is 7.11 Å². The normalized spacial score (nSPS) is 10.5. The van der Waals surface area contributed by atoms with E-state index >= 15 is 0 Å². The molecule has 3 aromatic rings. The van der Waals surface area contributed by atoms with Crippen LogP contribution in [-0.2, 0) is 11.3 Å². The highest BCUT2D eigenvalue weighted by Crippen LogP contribution is 2.24. The van der Waals surface area contributed by atoms with Crippen molar-refractivity contribution in [3.05, 3.63) is 76.0 Å². The fourth-order valence-corrected chi connectivity index (χ4v) is 2.68. The maximum atomic E-state index is 12.4. The number of benzene rings is 2. The van der Waals surface area contributed by atoms with Gasteiger partial charge in [0.2, 0.25) is 5.69 Å². The van der Waals surface area contributed by atoms with E-state index in [1.165, 1.54) is 7.11 Å². The molecule has 0 unspecified atom stereocenters. The van der Waals surface area contributed by atoms with Gasteiger partial charge >= 0.3 is 5.97 Å². The maximum Gasteiger partial charge on any atom is 0.363 e. The third-order valence-electron chi connectivity index (χ3n) is 3.49. The highest BCUT2D eigenvalue weighted by molar-refractivity contribution is 6.35. The van der Waals surface area contributed by atoms with Gasteiger partial charge in [-0.05, 0) is 24.3 Å². The Morgan fingerprint density at radius 3 is 2.60 bits per heavy atom. The molecule has 0 atom stereocenters. The first-order chi connectivity index (χ1) is 12.1. The highest BCUT2D eigenvalue weighted by atomic mass is 35.5. The summed E-state index contributed by atoms with van der Waals surface area (Å²) in [6.45, 7) is 0.0101. The van der Waals surface area contributed by atoms with Crippen LogP contribution in [0.5, 0.6) is 5.75 Å². The number of para-hydroxylation sites is 1. The molecular formula is C18H14Cl2N2O3. The Morgan fingerprint density at radius 2 is 1.92 bits per heavy atom. The molecule has 0 radical (unpaired) electrons. The van der Waals surface area contributed by atoms with Gasteiger partial charge in [-0.2, -0.15) is 5.10 Å². The summed E-state index contributed by atoms with van der Waals surface area (Å²) in [5.74, 6) is -0.270. The lowest BCUT2D eigenvalue weighted by Crippen LogP contribution is -2.08. The summed E-state index contributed by atoms with van der Waals surface area (Å²) in [5.41, 5.74) is 1.55. The third kappa shape index (κ3) is 3.95. The third-order valence-corrected chi connectivity index (χ3v) is 4.08. The number of carbonyl (C=O) groups is 1. The van der Waals surface area contributed by atoms with E-state index in [1.807, 2.05) is 30.3 Å². The van der Waals surface area contributed by atoms with Crippen molar-refractivity contribution >= 4 is 29.2 Å². The molecule has 0 aliphatic carbocycles. The van der Waals surface area contributed by atoms with Gasteiger partial charge in [0.15, 0.2) is 5.75 Å². The Bertz CT molecular complexity index is 895. The van der Waals surface area contributed by atoms with Crippen LogP contribution in [0.4, 0.5) is 0 Å². The van der Waals surface area contributed by atoms with Crippen molar-refractivity contribution < 1.29 is 14.3 Å². The molecule has 1 heterocycles. The molecule has 0 saturated heterocycles. The number of esters is 1. The van der Waals surface area contributed by atoms with Crippen LogP contribution in [0.15, 0.2) is 54.7 Å². The molecule has 0 aliphatic rings. The topological polar surface area (TPSA) is 53.4 Å². The van der Waals surface area contributed by atoms with Crippen molar-refractivity contribution in [2.45, 2.75) is 6.61 Å². The zero-order valence-electron chi connectivity index (χ0n) is 13.3. The lowest BCUT2D eigenvalue weighted by atomic mass is 10.2. The zero-order chi connectivity index (χ0) is 17.8. The van der Waals surface area contributed by atoms with Crippen LogP contribution in [0, 0.1) is 0 Å². The van der Waals surface area contributed by atoms with Gasteiger partial charge in [0.1, 0.15) is 6.61 Å². The van der Waals surface area contributed by atoms with Crippen molar-refractivity contribution in [2.24, 2.45) is 0 Å². The number of rotatable bonds is 5. The predicted molar refractivity (Wildman–Crippen MR) is 95.7 cm³/mol. The van der Waals surface area contributed by atoms with Crippen LogP contribution in [-0.4, -0.2) is 22.9 Å². The number of halogens is 2. The number of ether oxygens (including phenoxy) is 2. The van der Waals surface area contributed by atoms with Crippen LogP contribution >= 0.6 is 23.2 Å². The minimum atomic E-state index is -0.599. The summed E-state index contributed by atoms with van der Waals surface area (Å²) in [6, 6.07) is 14.4. The van der Waals surface area contributed by atoms with Crippen molar-refractivity contribution in [1.82, 2.24) is 9.78 Å². The summed E-state index contributed by atoms with van der Waals surface area (Å²) in [5, 5.41) is 5.21. The van der Waals surface area contributed by atoms with Gasteiger partial charge in [0, 0.05) is 15.6 Å². The number of hydrogen-bond acceptors (Lipinski definition) is 4. The molecule has 7 heteroatoms. The molecule has 0 saturated carbocycles. The molecule has 0 aliphatic heterocycles. The molecule has 3 rings (SSSR count). The van der Waals surface area contributed by atoms with Gasteiger partial charge in [-0.15, -0.1) is 0 Å². The molecule has 128 valence electrons. The second kappa shape index (κ2) is 7.59. The predicted octanol–water partition coefficient (Wildman–Crippen LogP) is 4.54. The van der Waals surface area contributed by atoms with E-state index in [1.54, 1.807) is 29.1 Å². The first kappa shape index (κ1) is 17.3. The summed E-state index contributed by atoms with van der Waals surface area (Å²) in [4.78, 5) is 12.4. The van der Waals surface area contributed by atoms with Crippen molar-refractivity contribution in [1.29, 1.82) is 0 Å². The molecule has 25 heavy (non-hydrogen) atoms. The minimum absolute atomic E-state index is 0.0101. The van der Waals surface area contributed by atoms with Crippen LogP contribution < -0.4 is 4.74 Å². The Labute approximate surface area is 154 Å². The van der Waals surface area contributed by atoms with E-state index in [4.69, 9.17) is 32.7 Å². The minimum Gasteiger partial charge on any atom is -0.493 e.